The number of amides is 2. The van der Waals surface area contributed by atoms with Gasteiger partial charge in [-0.1, -0.05) is 0 Å². The highest BCUT2D eigenvalue weighted by atomic mass is 32.1. The number of hydrogen-bond acceptors (Lipinski definition) is 5. The molecule has 1 aromatic rings. The molecule has 2 N–H and O–H groups in total. The third kappa shape index (κ3) is 6.78. The van der Waals surface area contributed by atoms with Gasteiger partial charge in [0, 0.05) is 25.1 Å². The van der Waals surface area contributed by atoms with Gasteiger partial charge in [0.05, 0.1) is 5.56 Å². The van der Waals surface area contributed by atoms with E-state index < -0.39 is 25.3 Å². The second-order valence-corrected chi connectivity index (χ2v) is 7.28. The lowest BCUT2D eigenvalue weighted by Crippen LogP contribution is -2.28. The molecular formula is C17H23F3N2O4S. The molecule has 0 aromatic carbocycles. The number of fused-ring (bicyclic) bond motifs is 1. The van der Waals surface area contributed by atoms with Gasteiger partial charge in [0.25, 0.3) is 11.8 Å². The third-order valence-electron chi connectivity index (χ3n) is 3.96. The van der Waals surface area contributed by atoms with Crippen LogP contribution in [-0.4, -0.2) is 51.5 Å². The van der Waals surface area contributed by atoms with Gasteiger partial charge in [0.15, 0.2) is 0 Å². The molecule has 0 aliphatic heterocycles. The summed E-state index contributed by atoms with van der Waals surface area (Å²) in [4.78, 5) is 25.6. The summed E-state index contributed by atoms with van der Waals surface area (Å²) in [6.45, 7) is -1.27. The fourth-order valence-corrected chi connectivity index (χ4v) is 4.13. The van der Waals surface area contributed by atoms with Crippen molar-refractivity contribution < 1.29 is 32.2 Å². The monoisotopic (exact) mass is 408 g/mol. The number of rotatable bonds is 9. The number of thiophene rings is 1. The Kier molecular flexibility index (Phi) is 8.06. The van der Waals surface area contributed by atoms with E-state index in [9.17, 15) is 22.8 Å². The molecule has 0 atom stereocenters. The zero-order valence-electron chi connectivity index (χ0n) is 15.0. The number of hydrogen-bond donors (Lipinski definition) is 2. The SMILES string of the molecule is COCCCNC(=O)c1c(NC(=O)COCC(F)(F)F)sc2c1CCCC2. The fourth-order valence-electron chi connectivity index (χ4n) is 2.82. The number of ether oxygens (including phenoxy) is 2. The summed E-state index contributed by atoms with van der Waals surface area (Å²) in [5, 5.41) is 5.71. The van der Waals surface area contributed by atoms with Gasteiger partial charge in [-0.05, 0) is 37.7 Å². The van der Waals surface area contributed by atoms with Crippen molar-refractivity contribution in [2.24, 2.45) is 0 Å². The van der Waals surface area contributed by atoms with Crippen molar-refractivity contribution in [3.63, 3.8) is 0 Å². The molecule has 1 heterocycles. The van der Waals surface area contributed by atoms with Gasteiger partial charge in [-0.25, -0.2) is 0 Å². The highest BCUT2D eigenvalue weighted by molar-refractivity contribution is 7.17. The maximum absolute atomic E-state index is 12.6. The molecule has 10 heteroatoms. The molecule has 0 saturated heterocycles. The Hall–Kier alpha value is -1.65. The highest BCUT2D eigenvalue weighted by Crippen LogP contribution is 2.38. The van der Waals surface area contributed by atoms with Crippen LogP contribution in [0.5, 0.6) is 0 Å². The zero-order chi connectivity index (χ0) is 19.9. The number of carbonyl (C=O) groups is 2. The number of alkyl halides is 3. The Morgan fingerprint density at radius 1 is 1.22 bits per heavy atom. The minimum atomic E-state index is -4.49. The van der Waals surface area contributed by atoms with Gasteiger partial charge in [-0.3, -0.25) is 9.59 Å². The van der Waals surface area contributed by atoms with Gasteiger partial charge in [0.1, 0.15) is 18.2 Å². The van der Waals surface area contributed by atoms with Gasteiger partial charge < -0.3 is 20.1 Å². The molecule has 27 heavy (non-hydrogen) atoms. The van der Waals surface area contributed by atoms with E-state index in [1.54, 1.807) is 7.11 Å². The second-order valence-electron chi connectivity index (χ2n) is 6.17. The predicted octanol–water partition coefficient (Wildman–Crippen LogP) is 2.91. The third-order valence-corrected chi connectivity index (χ3v) is 5.17. The molecular weight excluding hydrogens is 385 g/mol. The Bertz CT molecular complexity index is 661. The molecule has 0 spiro atoms. The second kappa shape index (κ2) is 10.0. The van der Waals surface area contributed by atoms with Crippen LogP contribution in [0.2, 0.25) is 0 Å². The van der Waals surface area contributed by atoms with E-state index in [2.05, 4.69) is 15.4 Å². The van der Waals surface area contributed by atoms with Crippen LogP contribution in [0.4, 0.5) is 18.2 Å². The lowest BCUT2D eigenvalue weighted by molar-refractivity contribution is -0.174. The molecule has 2 rings (SSSR count). The van der Waals surface area contributed by atoms with E-state index in [1.807, 2.05) is 0 Å². The van der Waals surface area contributed by atoms with Crippen molar-refractivity contribution in [1.29, 1.82) is 0 Å². The average Bonchev–Trinajstić information content (AvgIpc) is 2.95. The summed E-state index contributed by atoms with van der Waals surface area (Å²) in [6.07, 6.45) is -0.311. The van der Waals surface area contributed by atoms with Crippen molar-refractivity contribution in [2.45, 2.75) is 38.3 Å². The van der Waals surface area contributed by atoms with Crippen LogP contribution in [0.15, 0.2) is 0 Å². The Morgan fingerprint density at radius 3 is 2.67 bits per heavy atom. The number of halogens is 3. The first-order chi connectivity index (χ1) is 12.8. The Labute approximate surface area is 159 Å². The van der Waals surface area contributed by atoms with Crippen molar-refractivity contribution in [1.82, 2.24) is 5.32 Å². The lowest BCUT2D eigenvalue weighted by Gasteiger charge is -2.13. The van der Waals surface area contributed by atoms with Crippen molar-refractivity contribution in [3.8, 4) is 0 Å². The molecule has 0 radical (unpaired) electrons. The van der Waals surface area contributed by atoms with Crippen LogP contribution in [0.1, 0.15) is 40.1 Å². The van der Waals surface area contributed by atoms with Crippen LogP contribution >= 0.6 is 11.3 Å². The molecule has 0 saturated carbocycles. The number of anilines is 1. The summed E-state index contributed by atoms with van der Waals surface area (Å²) >= 11 is 1.31. The van der Waals surface area contributed by atoms with Gasteiger partial charge in [0.2, 0.25) is 0 Å². The normalized spacial score (nSPS) is 13.9. The zero-order valence-corrected chi connectivity index (χ0v) is 15.9. The van der Waals surface area contributed by atoms with Crippen molar-refractivity contribution in [3.05, 3.63) is 16.0 Å². The first-order valence-corrected chi connectivity index (χ1v) is 9.49. The summed E-state index contributed by atoms with van der Waals surface area (Å²) in [5.41, 5.74) is 1.33. The van der Waals surface area contributed by atoms with Gasteiger partial charge >= 0.3 is 6.18 Å². The molecule has 0 bridgehead atoms. The maximum Gasteiger partial charge on any atom is 0.411 e. The number of methoxy groups -OCH3 is 1. The lowest BCUT2D eigenvalue weighted by atomic mass is 9.95. The summed E-state index contributed by atoms with van der Waals surface area (Å²) in [7, 11) is 1.57. The average molecular weight is 408 g/mol. The van der Waals surface area contributed by atoms with E-state index in [0.717, 1.165) is 36.1 Å². The number of nitrogens with one attached hydrogen (secondary N) is 2. The molecule has 0 fully saturated rings. The Morgan fingerprint density at radius 2 is 1.96 bits per heavy atom. The van der Waals surface area contributed by atoms with E-state index in [1.165, 1.54) is 11.3 Å². The number of aryl methyl sites for hydroxylation is 1. The summed E-state index contributed by atoms with van der Waals surface area (Å²) in [6, 6.07) is 0. The highest BCUT2D eigenvalue weighted by Gasteiger charge is 2.29. The van der Waals surface area contributed by atoms with Gasteiger partial charge in [-0.2, -0.15) is 13.2 Å². The molecule has 2 amide bonds. The first-order valence-electron chi connectivity index (χ1n) is 8.68. The fraction of sp³-hybridized carbons (Fsp3) is 0.647. The van der Waals surface area contributed by atoms with Crippen molar-refractivity contribution >= 4 is 28.2 Å². The molecule has 6 nitrogen and oxygen atoms in total. The van der Waals surface area contributed by atoms with Crippen LogP contribution in [0.25, 0.3) is 0 Å². The van der Waals surface area contributed by atoms with Crippen LogP contribution in [0.3, 0.4) is 0 Å². The standard InChI is InChI=1S/C17H23F3N2O4S/c1-25-8-4-7-21-15(24)14-11-5-2-3-6-12(11)27-16(14)22-13(23)9-26-10-17(18,19)20/h2-10H2,1H3,(H,21,24)(H,22,23). The van der Waals surface area contributed by atoms with Crippen LogP contribution in [0, 0.1) is 0 Å². The quantitative estimate of drug-likeness (QED) is 0.616. The van der Waals surface area contributed by atoms with E-state index in [4.69, 9.17) is 4.74 Å². The molecule has 152 valence electrons. The van der Waals surface area contributed by atoms with E-state index >= 15 is 0 Å². The predicted molar refractivity (Wildman–Crippen MR) is 95.3 cm³/mol. The van der Waals surface area contributed by atoms with Gasteiger partial charge in [-0.15, -0.1) is 11.3 Å². The van der Waals surface area contributed by atoms with E-state index in [-0.39, 0.29) is 5.91 Å². The minimum absolute atomic E-state index is 0.294. The van der Waals surface area contributed by atoms with Crippen molar-refractivity contribution in [2.75, 3.05) is 38.8 Å². The molecule has 1 aromatic heterocycles. The largest absolute Gasteiger partial charge is 0.411 e. The summed E-state index contributed by atoms with van der Waals surface area (Å²) in [5.74, 6) is -1.01. The first kappa shape index (κ1) is 21.6. The minimum Gasteiger partial charge on any atom is -0.385 e. The number of carbonyl (C=O) groups excluding carboxylic acids is 2. The smallest absolute Gasteiger partial charge is 0.385 e. The Balaban J connectivity index is 2.05. The summed E-state index contributed by atoms with van der Waals surface area (Å²) < 4.78 is 45.7. The van der Waals surface area contributed by atoms with Crippen LogP contribution < -0.4 is 10.6 Å². The van der Waals surface area contributed by atoms with Crippen LogP contribution in [-0.2, 0) is 27.1 Å². The molecule has 1 aliphatic rings. The van der Waals surface area contributed by atoms with E-state index in [0.29, 0.717) is 30.1 Å². The molecule has 0 unspecified atom stereocenters. The topological polar surface area (TPSA) is 76.7 Å². The molecule has 1 aliphatic carbocycles. The maximum atomic E-state index is 12.6.